The van der Waals surface area contributed by atoms with E-state index in [9.17, 15) is 22.4 Å². The molecular weight excluding hydrogens is 437 g/mol. The summed E-state index contributed by atoms with van der Waals surface area (Å²) in [5.74, 6) is -2.28. The van der Waals surface area contributed by atoms with Gasteiger partial charge in [-0.3, -0.25) is 20.4 Å². The van der Waals surface area contributed by atoms with Gasteiger partial charge in [-0.2, -0.15) is 4.31 Å². The monoisotopic (exact) mass is 463 g/mol. The summed E-state index contributed by atoms with van der Waals surface area (Å²) >= 11 is 0. The normalized spacial score (nSPS) is 15.2. The molecule has 32 heavy (non-hydrogen) atoms. The Hall–Kier alpha value is -2.82. The van der Waals surface area contributed by atoms with Crippen molar-refractivity contribution in [2.45, 2.75) is 31.1 Å². The van der Waals surface area contributed by atoms with Crippen molar-refractivity contribution in [3.63, 3.8) is 0 Å². The van der Waals surface area contributed by atoms with Crippen LogP contribution in [0.4, 0.5) is 4.39 Å². The second kappa shape index (κ2) is 9.35. The minimum Gasteiger partial charge on any atom is -0.379 e. The summed E-state index contributed by atoms with van der Waals surface area (Å²) in [5.41, 5.74) is 5.73. The van der Waals surface area contributed by atoms with Crippen molar-refractivity contribution >= 4 is 21.8 Å². The smallest absolute Gasteiger partial charge is 0.269 e. The Morgan fingerprint density at radius 1 is 0.938 bits per heavy atom. The SMILES string of the molecule is CC(C)(C)c1ccc(C(=O)NNC(=O)c2ccc(F)c(S(=O)(=O)N3CCOCC3)c2)cc1. The lowest BCUT2D eigenvalue weighted by molar-refractivity contribution is 0.0729. The fourth-order valence-electron chi connectivity index (χ4n) is 3.15. The highest BCUT2D eigenvalue weighted by molar-refractivity contribution is 7.89. The average molecular weight is 464 g/mol. The number of rotatable bonds is 4. The molecule has 1 fully saturated rings. The summed E-state index contributed by atoms with van der Waals surface area (Å²) in [7, 11) is -4.13. The van der Waals surface area contributed by atoms with Gasteiger partial charge in [0.05, 0.1) is 13.2 Å². The van der Waals surface area contributed by atoms with Crippen LogP contribution in [-0.2, 0) is 20.2 Å². The van der Waals surface area contributed by atoms with E-state index < -0.39 is 32.6 Å². The average Bonchev–Trinajstić information content (AvgIpc) is 2.77. The number of carbonyl (C=O) groups excluding carboxylic acids is 2. The van der Waals surface area contributed by atoms with Gasteiger partial charge in [0.1, 0.15) is 10.7 Å². The van der Waals surface area contributed by atoms with Crippen LogP contribution in [0.3, 0.4) is 0 Å². The topological polar surface area (TPSA) is 105 Å². The predicted octanol–water partition coefficient (Wildman–Crippen LogP) is 2.22. The van der Waals surface area contributed by atoms with Crippen molar-refractivity contribution in [1.82, 2.24) is 15.2 Å². The molecule has 0 atom stereocenters. The van der Waals surface area contributed by atoms with E-state index in [1.54, 1.807) is 12.1 Å². The summed E-state index contributed by atoms with van der Waals surface area (Å²) in [6.07, 6.45) is 0. The van der Waals surface area contributed by atoms with Crippen molar-refractivity contribution in [3.8, 4) is 0 Å². The Bertz CT molecular complexity index is 1110. The van der Waals surface area contributed by atoms with Crippen molar-refractivity contribution in [1.29, 1.82) is 0 Å². The van der Waals surface area contributed by atoms with Crippen LogP contribution in [0.2, 0.25) is 0 Å². The first-order valence-electron chi connectivity index (χ1n) is 10.1. The van der Waals surface area contributed by atoms with Crippen molar-refractivity contribution in [3.05, 3.63) is 65.0 Å². The maximum Gasteiger partial charge on any atom is 0.269 e. The Labute approximate surface area is 186 Å². The highest BCUT2D eigenvalue weighted by atomic mass is 32.2. The molecule has 3 rings (SSSR count). The standard InChI is InChI=1S/C22H26FN3O5S/c1-22(2,3)17-7-4-15(5-8-17)20(27)24-25-21(28)16-6-9-18(23)19(14-16)32(29,30)26-10-12-31-13-11-26/h4-9,14H,10-13H2,1-3H3,(H,24,27)(H,25,28). The number of hydrazine groups is 1. The molecule has 0 saturated carbocycles. The van der Waals surface area contributed by atoms with Gasteiger partial charge in [0.15, 0.2) is 0 Å². The molecule has 1 heterocycles. The molecule has 0 aliphatic carbocycles. The predicted molar refractivity (Wildman–Crippen MR) is 116 cm³/mol. The highest BCUT2D eigenvalue weighted by Crippen LogP contribution is 2.23. The Morgan fingerprint density at radius 2 is 1.47 bits per heavy atom. The van der Waals surface area contributed by atoms with Crippen molar-refractivity contribution < 1.29 is 27.1 Å². The summed E-state index contributed by atoms with van der Waals surface area (Å²) in [6.45, 7) is 6.79. The zero-order valence-electron chi connectivity index (χ0n) is 18.1. The van der Waals surface area contributed by atoms with Crippen LogP contribution in [0.1, 0.15) is 47.1 Å². The van der Waals surface area contributed by atoms with E-state index in [0.717, 1.165) is 28.1 Å². The van der Waals surface area contributed by atoms with E-state index in [1.807, 2.05) is 12.1 Å². The minimum atomic E-state index is -4.13. The van der Waals surface area contributed by atoms with Crippen LogP contribution in [0.15, 0.2) is 47.4 Å². The summed E-state index contributed by atoms with van der Waals surface area (Å²) in [4.78, 5) is 24.2. The number of morpholine rings is 1. The van der Waals surface area contributed by atoms with E-state index >= 15 is 0 Å². The molecule has 2 aromatic carbocycles. The molecule has 8 nitrogen and oxygen atoms in total. The lowest BCUT2D eigenvalue weighted by Gasteiger charge is -2.26. The summed E-state index contributed by atoms with van der Waals surface area (Å²) in [6, 6.07) is 9.97. The number of hydrogen-bond donors (Lipinski definition) is 2. The van der Waals surface area contributed by atoms with Crippen LogP contribution in [0.25, 0.3) is 0 Å². The van der Waals surface area contributed by atoms with Crippen LogP contribution in [0.5, 0.6) is 0 Å². The number of sulfonamides is 1. The molecule has 2 N–H and O–H groups in total. The molecule has 1 saturated heterocycles. The van der Waals surface area contributed by atoms with E-state index in [-0.39, 0.29) is 37.3 Å². The second-order valence-corrected chi connectivity index (χ2v) is 10.3. The molecule has 172 valence electrons. The molecule has 0 unspecified atom stereocenters. The molecule has 1 aliphatic rings. The molecular formula is C22H26FN3O5S. The fourth-order valence-corrected chi connectivity index (χ4v) is 4.65. The van der Waals surface area contributed by atoms with Crippen LogP contribution < -0.4 is 10.9 Å². The lowest BCUT2D eigenvalue weighted by Crippen LogP contribution is -2.42. The van der Waals surface area contributed by atoms with Gasteiger partial charge in [-0.25, -0.2) is 12.8 Å². The van der Waals surface area contributed by atoms with E-state index in [0.29, 0.717) is 5.56 Å². The molecule has 0 aromatic heterocycles. The minimum absolute atomic E-state index is 0.0644. The molecule has 0 bridgehead atoms. The van der Waals surface area contributed by atoms with Gasteiger partial charge in [-0.15, -0.1) is 0 Å². The molecule has 2 amide bonds. The Balaban J connectivity index is 1.70. The van der Waals surface area contributed by atoms with Gasteiger partial charge in [-0.1, -0.05) is 32.9 Å². The maximum absolute atomic E-state index is 14.3. The third kappa shape index (κ3) is 5.32. The number of nitrogens with zero attached hydrogens (tertiary/aromatic N) is 1. The van der Waals surface area contributed by atoms with Crippen molar-refractivity contribution in [2.24, 2.45) is 0 Å². The lowest BCUT2D eigenvalue weighted by atomic mass is 9.87. The quantitative estimate of drug-likeness (QED) is 0.677. The number of amides is 2. The molecule has 1 aliphatic heterocycles. The first-order chi connectivity index (χ1) is 15.0. The van der Waals surface area contributed by atoms with Gasteiger partial charge in [0.25, 0.3) is 11.8 Å². The molecule has 0 spiro atoms. The van der Waals surface area contributed by atoms with Gasteiger partial charge in [0, 0.05) is 24.2 Å². The molecule has 0 radical (unpaired) electrons. The number of nitrogens with one attached hydrogen (secondary N) is 2. The van der Waals surface area contributed by atoms with Crippen LogP contribution in [0, 0.1) is 5.82 Å². The molecule has 2 aromatic rings. The van der Waals surface area contributed by atoms with E-state index in [4.69, 9.17) is 4.74 Å². The van der Waals surface area contributed by atoms with Gasteiger partial charge in [0.2, 0.25) is 10.0 Å². The molecule has 10 heteroatoms. The number of hydrogen-bond acceptors (Lipinski definition) is 5. The third-order valence-electron chi connectivity index (χ3n) is 5.08. The highest BCUT2D eigenvalue weighted by Gasteiger charge is 2.29. The van der Waals surface area contributed by atoms with Gasteiger partial charge in [-0.05, 0) is 41.3 Å². The number of carbonyl (C=O) groups is 2. The first kappa shape index (κ1) is 23.8. The van der Waals surface area contributed by atoms with Crippen molar-refractivity contribution in [2.75, 3.05) is 26.3 Å². The van der Waals surface area contributed by atoms with Crippen LogP contribution >= 0.6 is 0 Å². The Morgan fingerprint density at radius 3 is 2.03 bits per heavy atom. The first-order valence-corrected chi connectivity index (χ1v) is 11.5. The third-order valence-corrected chi connectivity index (χ3v) is 7.00. The number of ether oxygens (including phenoxy) is 1. The summed E-state index contributed by atoms with van der Waals surface area (Å²) in [5, 5.41) is 0. The summed E-state index contributed by atoms with van der Waals surface area (Å²) < 4.78 is 46.1. The number of benzene rings is 2. The fraction of sp³-hybridized carbons (Fsp3) is 0.364. The Kier molecular flexibility index (Phi) is 6.97. The van der Waals surface area contributed by atoms with E-state index in [2.05, 4.69) is 31.6 Å². The largest absolute Gasteiger partial charge is 0.379 e. The van der Waals surface area contributed by atoms with E-state index in [1.165, 1.54) is 0 Å². The second-order valence-electron chi connectivity index (χ2n) is 8.40. The maximum atomic E-state index is 14.3. The zero-order chi connectivity index (χ0) is 23.5. The van der Waals surface area contributed by atoms with Crippen LogP contribution in [-0.4, -0.2) is 50.8 Å². The zero-order valence-corrected chi connectivity index (χ0v) is 19.0. The number of halogens is 1. The van der Waals surface area contributed by atoms with Gasteiger partial charge < -0.3 is 4.74 Å². The van der Waals surface area contributed by atoms with Gasteiger partial charge >= 0.3 is 0 Å².